The molecule has 8 nitrogen and oxygen atoms in total. The van der Waals surface area contributed by atoms with Crippen LogP contribution in [0.3, 0.4) is 0 Å². The maximum atomic E-state index is 12.9. The zero-order valence-electron chi connectivity index (χ0n) is 20.0. The van der Waals surface area contributed by atoms with Gasteiger partial charge in [0.05, 0.1) is 30.8 Å². The molecule has 1 atom stereocenters. The molecule has 2 amide bonds. The molecule has 2 aromatic carbocycles. The number of benzene rings is 2. The quantitative estimate of drug-likeness (QED) is 0.352. The van der Waals surface area contributed by atoms with Crippen LogP contribution in [0.4, 0.5) is 5.69 Å². The van der Waals surface area contributed by atoms with E-state index in [9.17, 15) is 19.2 Å². The number of hydrogen-bond acceptors (Lipinski definition) is 7. The van der Waals surface area contributed by atoms with E-state index in [0.717, 1.165) is 25.7 Å². The number of carbonyl (C=O) groups is 4. The van der Waals surface area contributed by atoms with Crippen LogP contribution in [-0.4, -0.2) is 49.4 Å². The van der Waals surface area contributed by atoms with Gasteiger partial charge < -0.3 is 14.8 Å². The maximum absolute atomic E-state index is 12.9. The lowest BCUT2D eigenvalue weighted by molar-refractivity contribution is -0.121. The Hall–Kier alpha value is -3.52. The lowest BCUT2D eigenvalue weighted by atomic mass is 9.87. The monoisotopic (exact) mass is 478 g/mol. The van der Waals surface area contributed by atoms with E-state index in [4.69, 9.17) is 9.47 Å². The smallest absolute Gasteiger partial charge is 0.338 e. The highest BCUT2D eigenvalue weighted by Crippen LogP contribution is 2.27. The number of imide groups is 1. The molecule has 8 heteroatoms. The Labute approximate surface area is 204 Å². The molecule has 4 rings (SSSR count). The lowest BCUT2D eigenvalue weighted by Crippen LogP contribution is -2.45. The van der Waals surface area contributed by atoms with Crippen LogP contribution in [0, 0.1) is 5.92 Å². The van der Waals surface area contributed by atoms with Gasteiger partial charge in [0.1, 0.15) is 5.75 Å². The van der Waals surface area contributed by atoms with Crippen molar-refractivity contribution in [3.63, 3.8) is 0 Å². The summed E-state index contributed by atoms with van der Waals surface area (Å²) in [5.41, 5.74) is 1.01. The second kappa shape index (κ2) is 10.8. The Morgan fingerprint density at radius 2 is 1.71 bits per heavy atom. The van der Waals surface area contributed by atoms with Crippen LogP contribution >= 0.6 is 0 Å². The second-order valence-corrected chi connectivity index (χ2v) is 9.23. The summed E-state index contributed by atoms with van der Waals surface area (Å²) in [4.78, 5) is 51.4. The zero-order chi connectivity index (χ0) is 24.9. The van der Waals surface area contributed by atoms with E-state index >= 15 is 0 Å². The highest BCUT2D eigenvalue weighted by molar-refractivity contribution is 6.22. The Kier molecular flexibility index (Phi) is 7.60. The van der Waals surface area contributed by atoms with Crippen LogP contribution in [0.2, 0.25) is 0 Å². The van der Waals surface area contributed by atoms with Crippen LogP contribution in [0.25, 0.3) is 0 Å². The number of methoxy groups -OCH3 is 1. The number of rotatable bonds is 8. The molecule has 1 saturated heterocycles. The molecule has 184 valence electrons. The van der Waals surface area contributed by atoms with E-state index in [-0.39, 0.29) is 35.6 Å². The van der Waals surface area contributed by atoms with Gasteiger partial charge in [-0.25, -0.2) is 9.69 Å². The van der Waals surface area contributed by atoms with Gasteiger partial charge in [-0.1, -0.05) is 19.1 Å². The van der Waals surface area contributed by atoms with E-state index < -0.39 is 18.6 Å². The molecular weight excluding hydrogens is 448 g/mol. The first kappa shape index (κ1) is 24.6. The largest absolute Gasteiger partial charge is 0.497 e. The van der Waals surface area contributed by atoms with Crippen molar-refractivity contribution in [1.82, 2.24) is 5.32 Å². The van der Waals surface area contributed by atoms with E-state index in [2.05, 4.69) is 12.2 Å². The molecule has 1 aliphatic heterocycles. The van der Waals surface area contributed by atoms with Gasteiger partial charge in [-0.3, -0.25) is 14.4 Å². The highest BCUT2D eigenvalue weighted by Gasteiger charge is 2.40. The third kappa shape index (κ3) is 5.77. The fourth-order valence-corrected chi connectivity index (χ4v) is 4.59. The molecule has 0 spiro atoms. The van der Waals surface area contributed by atoms with Crippen LogP contribution in [-0.2, 0) is 14.3 Å². The van der Waals surface area contributed by atoms with Crippen molar-refractivity contribution in [1.29, 1.82) is 0 Å². The van der Waals surface area contributed by atoms with Gasteiger partial charge in [0.25, 0.3) is 5.91 Å². The maximum Gasteiger partial charge on any atom is 0.338 e. The van der Waals surface area contributed by atoms with Crippen molar-refractivity contribution in [3.8, 4) is 5.75 Å². The number of nitrogens with one attached hydrogen (secondary N) is 1. The first-order valence-corrected chi connectivity index (χ1v) is 11.9. The zero-order valence-corrected chi connectivity index (χ0v) is 20.0. The van der Waals surface area contributed by atoms with Gasteiger partial charge in [-0.15, -0.1) is 0 Å². The number of ketones is 1. The van der Waals surface area contributed by atoms with Crippen molar-refractivity contribution in [2.75, 3.05) is 18.6 Å². The highest BCUT2D eigenvalue weighted by atomic mass is 16.5. The van der Waals surface area contributed by atoms with E-state index in [1.807, 2.05) is 0 Å². The van der Waals surface area contributed by atoms with Gasteiger partial charge in [0.15, 0.2) is 12.4 Å². The third-order valence-electron chi connectivity index (χ3n) is 6.69. The van der Waals surface area contributed by atoms with Crippen LogP contribution in [0.5, 0.6) is 5.75 Å². The molecule has 2 fully saturated rings. The Balaban J connectivity index is 1.33. The number of carbonyl (C=O) groups excluding carboxylic acids is 4. The molecule has 0 radical (unpaired) electrons. The first-order valence-electron chi connectivity index (χ1n) is 11.9. The van der Waals surface area contributed by atoms with Gasteiger partial charge >= 0.3 is 5.97 Å². The van der Waals surface area contributed by atoms with Gasteiger partial charge in [-0.2, -0.15) is 0 Å². The number of nitrogens with zero attached hydrogens (tertiary/aromatic N) is 1. The first-order chi connectivity index (χ1) is 16.9. The minimum absolute atomic E-state index is 0.126. The fourth-order valence-electron chi connectivity index (χ4n) is 4.59. The van der Waals surface area contributed by atoms with E-state index in [1.54, 1.807) is 36.4 Å². The number of Topliss-reactive ketones (excluding diaryl/α,β-unsaturated/α-hetero) is 1. The summed E-state index contributed by atoms with van der Waals surface area (Å²) < 4.78 is 10.2. The molecule has 2 aliphatic rings. The predicted molar refractivity (Wildman–Crippen MR) is 130 cm³/mol. The number of amides is 2. The number of hydrogen-bond donors (Lipinski definition) is 1. The average Bonchev–Trinajstić information content (AvgIpc) is 3.16. The number of anilines is 1. The van der Waals surface area contributed by atoms with Gasteiger partial charge in [0.2, 0.25) is 5.91 Å². The number of esters is 1. The molecule has 1 unspecified atom stereocenters. The summed E-state index contributed by atoms with van der Waals surface area (Å²) in [6.45, 7) is 1.82. The van der Waals surface area contributed by atoms with Crippen LogP contribution < -0.4 is 15.0 Å². The molecule has 0 aromatic heterocycles. The molecule has 1 N–H and O–H groups in total. The molecule has 2 aromatic rings. The molecule has 1 heterocycles. The summed E-state index contributed by atoms with van der Waals surface area (Å²) in [5, 5.41) is 3.37. The summed E-state index contributed by atoms with van der Waals surface area (Å²) in [5.74, 6) is -0.319. The van der Waals surface area contributed by atoms with Crippen molar-refractivity contribution in [2.24, 2.45) is 5.92 Å². The Bertz CT molecular complexity index is 1100. The third-order valence-corrected chi connectivity index (χ3v) is 6.69. The van der Waals surface area contributed by atoms with Crippen molar-refractivity contribution >= 4 is 29.3 Å². The number of ether oxygens (including phenoxy) is 2. The summed E-state index contributed by atoms with van der Waals surface area (Å²) in [7, 11) is 1.50. The van der Waals surface area contributed by atoms with Gasteiger partial charge in [0, 0.05) is 11.6 Å². The topological polar surface area (TPSA) is 102 Å². The molecule has 1 aliphatic carbocycles. The van der Waals surface area contributed by atoms with E-state index in [0.29, 0.717) is 22.9 Å². The second-order valence-electron chi connectivity index (χ2n) is 9.23. The summed E-state index contributed by atoms with van der Waals surface area (Å²) >= 11 is 0. The van der Waals surface area contributed by atoms with Crippen molar-refractivity contribution in [2.45, 2.75) is 51.1 Å². The fraction of sp³-hybridized carbons (Fsp3) is 0.407. The Morgan fingerprint density at radius 3 is 2.40 bits per heavy atom. The SMILES string of the molecule is COc1cccc(C(=O)COC(=O)c2ccc(N3C(=O)CC(NC4CCC(C)CC4)C3=O)cc2)c1. The Morgan fingerprint density at radius 1 is 1.00 bits per heavy atom. The van der Waals surface area contributed by atoms with Crippen LogP contribution in [0.1, 0.15) is 59.7 Å². The minimum Gasteiger partial charge on any atom is -0.497 e. The molecule has 1 saturated carbocycles. The summed E-state index contributed by atoms with van der Waals surface area (Å²) in [6.07, 6.45) is 4.39. The lowest BCUT2D eigenvalue weighted by Gasteiger charge is -2.28. The van der Waals surface area contributed by atoms with E-state index in [1.165, 1.54) is 24.1 Å². The molecular formula is C27H30N2O6. The normalized spacial score (nSPS) is 22.2. The summed E-state index contributed by atoms with van der Waals surface area (Å²) in [6, 6.07) is 12.4. The van der Waals surface area contributed by atoms with Crippen molar-refractivity contribution in [3.05, 3.63) is 59.7 Å². The average molecular weight is 479 g/mol. The standard InChI is InChI=1S/C27H30N2O6/c1-17-6-10-20(11-7-17)28-23-15-25(31)29(26(23)32)21-12-8-18(9-13-21)27(33)35-16-24(30)19-4-3-5-22(14-19)34-2/h3-5,8-9,12-14,17,20,23,28H,6-7,10-11,15-16H2,1-2H3. The predicted octanol–water partition coefficient (Wildman–Crippen LogP) is 3.54. The molecule has 35 heavy (non-hydrogen) atoms. The minimum atomic E-state index is -0.669. The molecule has 0 bridgehead atoms. The van der Waals surface area contributed by atoms with Gasteiger partial charge in [-0.05, 0) is 68.0 Å². The van der Waals surface area contributed by atoms with Crippen molar-refractivity contribution < 1.29 is 28.7 Å². The van der Waals surface area contributed by atoms with Crippen LogP contribution in [0.15, 0.2) is 48.5 Å².